The van der Waals surface area contributed by atoms with Gasteiger partial charge in [-0.3, -0.25) is 0 Å². The molecule has 1 aromatic carbocycles. The highest BCUT2D eigenvalue weighted by Gasteiger charge is 2.23. The first-order valence-electron chi connectivity index (χ1n) is 6.59. The van der Waals surface area contributed by atoms with Crippen LogP contribution in [0.25, 0.3) is 0 Å². The van der Waals surface area contributed by atoms with Crippen LogP contribution in [-0.4, -0.2) is 13.1 Å². The zero-order valence-corrected chi connectivity index (χ0v) is 11.5. The average Bonchev–Trinajstić information content (AvgIpc) is 2.22. The van der Waals surface area contributed by atoms with E-state index in [0.29, 0.717) is 0 Å². The van der Waals surface area contributed by atoms with E-state index < -0.39 is 0 Å². The molecular formula is C15H24N2. The van der Waals surface area contributed by atoms with Gasteiger partial charge in [-0.2, -0.15) is 0 Å². The summed E-state index contributed by atoms with van der Waals surface area (Å²) in [5.74, 6) is 1.53. The van der Waals surface area contributed by atoms with Crippen molar-refractivity contribution in [3.8, 4) is 0 Å². The van der Waals surface area contributed by atoms with Crippen molar-refractivity contribution < 1.29 is 0 Å². The summed E-state index contributed by atoms with van der Waals surface area (Å²) in [5.41, 5.74) is 10.9. The van der Waals surface area contributed by atoms with Gasteiger partial charge in [-0.25, -0.2) is 0 Å². The maximum atomic E-state index is 6.17. The van der Waals surface area contributed by atoms with Gasteiger partial charge in [0.1, 0.15) is 0 Å². The predicted molar refractivity (Wildman–Crippen MR) is 75.5 cm³/mol. The van der Waals surface area contributed by atoms with Crippen LogP contribution in [0.3, 0.4) is 0 Å². The Morgan fingerprint density at radius 3 is 2.18 bits per heavy atom. The van der Waals surface area contributed by atoms with Crippen molar-refractivity contribution in [2.45, 2.75) is 34.1 Å². The Kier molecular flexibility index (Phi) is 3.32. The van der Waals surface area contributed by atoms with Crippen molar-refractivity contribution in [2.75, 3.05) is 23.7 Å². The smallest absolute Gasteiger partial charge is 0.0602 e. The van der Waals surface area contributed by atoms with Crippen LogP contribution >= 0.6 is 0 Å². The SMILES string of the molecule is Cc1cc(N)c(N2C[C@H](C)C[C@@H](C)C2)cc1C. The summed E-state index contributed by atoms with van der Waals surface area (Å²) in [6, 6.07) is 4.35. The minimum Gasteiger partial charge on any atom is -0.397 e. The summed E-state index contributed by atoms with van der Waals surface area (Å²) in [5, 5.41) is 0. The molecule has 2 nitrogen and oxygen atoms in total. The third kappa shape index (κ3) is 2.56. The highest BCUT2D eigenvalue weighted by molar-refractivity contribution is 5.70. The summed E-state index contributed by atoms with van der Waals surface area (Å²) in [7, 11) is 0. The highest BCUT2D eigenvalue weighted by Crippen LogP contribution is 2.32. The summed E-state index contributed by atoms with van der Waals surface area (Å²) in [4.78, 5) is 2.46. The number of rotatable bonds is 1. The second-order valence-electron chi connectivity index (χ2n) is 5.85. The van der Waals surface area contributed by atoms with Gasteiger partial charge in [-0.15, -0.1) is 0 Å². The normalized spacial score (nSPS) is 25.1. The lowest BCUT2D eigenvalue weighted by Crippen LogP contribution is -2.39. The number of anilines is 2. The van der Waals surface area contributed by atoms with Crippen LogP contribution in [0.2, 0.25) is 0 Å². The second-order valence-corrected chi connectivity index (χ2v) is 5.85. The van der Waals surface area contributed by atoms with E-state index in [1.165, 1.54) is 23.2 Å². The lowest BCUT2D eigenvalue weighted by molar-refractivity contribution is 0.357. The minimum atomic E-state index is 0.764. The molecule has 0 saturated carbocycles. The molecule has 0 unspecified atom stereocenters. The fraction of sp³-hybridized carbons (Fsp3) is 0.600. The molecule has 0 aliphatic carbocycles. The maximum absolute atomic E-state index is 6.17. The van der Waals surface area contributed by atoms with Gasteiger partial charge >= 0.3 is 0 Å². The zero-order chi connectivity index (χ0) is 12.6. The van der Waals surface area contributed by atoms with Crippen LogP contribution in [0.1, 0.15) is 31.4 Å². The molecule has 1 fully saturated rings. The van der Waals surface area contributed by atoms with Crippen molar-refractivity contribution in [1.29, 1.82) is 0 Å². The number of hydrogen-bond donors (Lipinski definition) is 1. The number of aryl methyl sites for hydroxylation is 2. The van der Waals surface area contributed by atoms with Crippen molar-refractivity contribution in [1.82, 2.24) is 0 Å². The van der Waals surface area contributed by atoms with E-state index in [1.807, 2.05) is 0 Å². The van der Waals surface area contributed by atoms with Gasteiger partial charge < -0.3 is 10.6 Å². The van der Waals surface area contributed by atoms with E-state index in [1.54, 1.807) is 0 Å². The largest absolute Gasteiger partial charge is 0.397 e. The quantitative estimate of drug-likeness (QED) is 0.752. The third-order valence-corrected chi connectivity index (χ3v) is 3.85. The summed E-state index contributed by atoms with van der Waals surface area (Å²) in [6.45, 7) is 11.2. The van der Waals surface area contributed by atoms with Crippen molar-refractivity contribution in [2.24, 2.45) is 11.8 Å². The maximum Gasteiger partial charge on any atom is 0.0602 e. The lowest BCUT2D eigenvalue weighted by atomic mass is 9.91. The Labute approximate surface area is 105 Å². The zero-order valence-electron chi connectivity index (χ0n) is 11.5. The molecule has 0 aromatic heterocycles. The van der Waals surface area contributed by atoms with E-state index in [-0.39, 0.29) is 0 Å². The number of nitrogens with zero attached hydrogens (tertiary/aromatic N) is 1. The number of nitrogen functional groups attached to an aromatic ring is 1. The molecule has 94 valence electrons. The number of piperidine rings is 1. The fourth-order valence-electron chi connectivity index (χ4n) is 2.96. The molecule has 2 atom stereocenters. The molecule has 1 aliphatic rings. The van der Waals surface area contributed by atoms with Gasteiger partial charge in [-0.1, -0.05) is 13.8 Å². The molecule has 0 spiro atoms. The molecule has 17 heavy (non-hydrogen) atoms. The number of benzene rings is 1. The third-order valence-electron chi connectivity index (χ3n) is 3.85. The molecule has 0 bridgehead atoms. The first-order chi connectivity index (χ1) is 7.97. The average molecular weight is 232 g/mol. The van der Waals surface area contributed by atoms with E-state index in [4.69, 9.17) is 5.73 Å². The number of hydrogen-bond acceptors (Lipinski definition) is 2. The predicted octanol–water partition coefficient (Wildman–Crippen LogP) is 3.37. The summed E-state index contributed by atoms with van der Waals surface area (Å²) in [6.07, 6.45) is 1.33. The molecule has 1 aromatic rings. The summed E-state index contributed by atoms with van der Waals surface area (Å²) >= 11 is 0. The Morgan fingerprint density at radius 1 is 1.06 bits per heavy atom. The lowest BCUT2D eigenvalue weighted by Gasteiger charge is -2.37. The Morgan fingerprint density at radius 2 is 1.59 bits per heavy atom. The van der Waals surface area contributed by atoms with Gasteiger partial charge in [0.05, 0.1) is 11.4 Å². The van der Waals surface area contributed by atoms with Crippen molar-refractivity contribution in [3.63, 3.8) is 0 Å². The number of nitrogens with two attached hydrogens (primary N) is 1. The molecule has 1 heterocycles. The first kappa shape index (κ1) is 12.3. The molecule has 2 rings (SSSR count). The van der Waals surface area contributed by atoms with E-state index in [0.717, 1.165) is 30.6 Å². The minimum absolute atomic E-state index is 0.764. The van der Waals surface area contributed by atoms with Crippen LogP contribution in [0.5, 0.6) is 0 Å². The van der Waals surface area contributed by atoms with E-state index >= 15 is 0 Å². The van der Waals surface area contributed by atoms with Crippen LogP contribution in [0.15, 0.2) is 12.1 Å². The van der Waals surface area contributed by atoms with Gasteiger partial charge in [0, 0.05) is 13.1 Å². The van der Waals surface area contributed by atoms with Gasteiger partial charge in [0.15, 0.2) is 0 Å². The van der Waals surface area contributed by atoms with Crippen LogP contribution in [0, 0.1) is 25.7 Å². The second kappa shape index (κ2) is 4.59. The molecule has 0 radical (unpaired) electrons. The van der Waals surface area contributed by atoms with Gasteiger partial charge in [-0.05, 0) is 55.4 Å². The van der Waals surface area contributed by atoms with Gasteiger partial charge in [0.2, 0.25) is 0 Å². The Balaban J connectivity index is 2.30. The fourth-order valence-corrected chi connectivity index (χ4v) is 2.96. The monoisotopic (exact) mass is 232 g/mol. The van der Waals surface area contributed by atoms with Crippen molar-refractivity contribution >= 4 is 11.4 Å². The van der Waals surface area contributed by atoms with E-state index in [9.17, 15) is 0 Å². The van der Waals surface area contributed by atoms with E-state index in [2.05, 4.69) is 44.7 Å². The Bertz CT molecular complexity index is 402. The van der Waals surface area contributed by atoms with Crippen LogP contribution in [-0.2, 0) is 0 Å². The molecule has 0 amide bonds. The topological polar surface area (TPSA) is 29.3 Å². The van der Waals surface area contributed by atoms with Crippen molar-refractivity contribution in [3.05, 3.63) is 23.3 Å². The summed E-state index contributed by atoms with van der Waals surface area (Å²) < 4.78 is 0. The highest BCUT2D eigenvalue weighted by atomic mass is 15.1. The van der Waals surface area contributed by atoms with Gasteiger partial charge in [0.25, 0.3) is 0 Å². The van der Waals surface area contributed by atoms with Crippen LogP contribution < -0.4 is 10.6 Å². The molecule has 2 heteroatoms. The van der Waals surface area contributed by atoms with Crippen LogP contribution in [0.4, 0.5) is 11.4 Å². The Hall–Kier alpha value is -1.18. The molecule has 1 saturated heterocycles. The molecular weight excluding hydrogens is 208 g/mol. The first-order valence-corrected chi connectivity index (χ1v) is 6.59. The molecule has 2 N–H and O–H groups in total. The molecule has 1 aliphatic heterocycles. The standard InChI is InChI=1S/C15H24N2/c1-10-5-11(2)9-17(8-10)15-7-13(4)12(3)6-14(15)16/h6-7,10-11H,5,8-9,16H2,1-4H3/t10-,11-/m1/s1.